The van der Waals surface area contributed by atoms with E-state index in [1.54, 1.807) is 0 Å². The molecule has 1 N–H and O–H groups in total. The Labute approximate surface area is 101 Å². The number of rotatable bonds is 3. The van der Waals surface area contributed by atoms with Crippen LogP contribution in [0.5, 0.6) is 5.75 Å². The van der Waals surface area contributed by atoms with Crippen molar-refractivity contribution in [3.63, 3.8) is 0 Å². The Morgan fingerprint density at radius 1 is 1.39 bits per heavy atom. The molecule has 0 heterocycles. The van der Waals surface area contributed by atoms with E-state index in [1.165, 1.54) is 12.1 Å². The summed E-state index contributed by atoms with van der Waals surface area (Å²) in [5, 5.41) is 8.37. The summed E-state index contributed by atoms with van der Waals surface area (Å²) < 4.78 is 39.6. The molecule has 0 saturated heterocycles. The minimum Gasteiger partial charge on any atom is -0.481 e. The van der Waals surface area contributed by atoms with Crippen molar-refractivity contribution in [3.8, 4) is 17.6 Å². The van der Waals surface area contributed by atoms with Gasteiger partial charge in [0.1, 0.15) is 5.75 Å². The van der Waals surface area contributed by atoms with E-state index >= 15 is 0 Å². The van der Waals surface area contributed by atoms with E-state index in [9.17, 15) is 18.0 Å². The predicted octanol–water partition coefficient (Wildman–Crippen LogP) is 2.80. The monoisotopic (exact) mass is 258 g/mol. The van der Waals surface area contributed by atoms with Crippen LogP contribution in [0.3, 0.4) is 0 Å². The first-order chi connectivity index (χ1) is 8.37. The number of carbonyl (C=O) groups is 1. The number of carboxylic acids is 1. The van der Waals surface area contributed by atoms with E-state index in [0.29, 0.717) is 5.56 Å². The van der Waals surface area contributed by atoms with E-state index in [4.69, 9.17) is 5.11 Å². The summed E-state index contributed by atoms with van der Waals surface area (Å²) in [7, 11) is 0. The number of benzene rings is 1. The van der Waals surface area contributed by atoms with Gasteiger partial charge in [-0.3, -0.25) is 4.79 Å². The fourth-order valence-electron chi connectivity index (χ4n) is 1.10. The van der Waals surface area contributed by atoms with Crippen molar-refractivity contribution in [2.45, 2.75) is 19.2 Å². The highest BCUT2D eigenvalue weighted by Gasteiger charge is 2.30. The van der Waals surface area contributed by atoms with Crippen LogP contribution in [0.1, 0.15) is 18.4 Å². The van der Waals surface area contributed by atoms with E-state index in [0.717, 1.165) is 12.1 Å². The molecule has 0 atom stereocenters. The Hall–Kier alpha value is -2.16. The molecule has 0 radical (unpaired) electrons. The lowest BCUT2D eigenvalue weighted by atomic mass is 10.2. The zero-order valence-electron chi connectivity index (χ0n) is 9.12. The normalized spacial score (nSPS) is 10.4. The zero-order chi connectivity index (χ0) is 13.6. The summed E-state index contributed by atoms with van der Waals surface area (Å²) >= 11 is 0. The molecule has 1 aromatic carbocycles. The molecule has 0 aromatic heterocycles. The van der Waals surface area contributed by atoms with Crippen LogP contribution in [0.2, 0.25) is 0 Å². The molecule has 1 aromatic rings. The largest absolute Gasteiger partial charge is 0.573 e. The minimum absolute atomic E-state index is 0.105. The molecule has 0 unspecified atom stereocenters. The van der Waals surface area contributed by atoms with Crippen molar-refractivity contribution >= 4 is 5.97 Å². The van der Waals surface area contributed by atoms with Gasteiger partial charge in [-0.15, -0.1) is 13.2 Å². The first kappa shape index (κ1) is 13.9. The molecule has 96 valence electrons. The SMILES string of the molecule is O=C(O)CCC#Cc1cccc(OC(F)(F)F)c1. The number of aliphatic carboxylic acids is 1. The Balaban J connectivity index is 2.67. The molecule has 6 heteroatoms. The van der Waals surface area contributed by atoms with Crippen molar-refractivity contribution in [3.05, 3.63) is 29.8 Å². The van der Waals surface area contributed by atoms with E-state index < -0.39 is 12.3 Å². The first-order valence-corrected chi connectivity index (χ1v) is 4.93. The second-order valence-electron chi connectivity index (χ2n) is 3.27. The van der Waals surface area contributed by atoms with Crippen LogP contribution >= 0.6 is 0 Å². The van der Waals surface area contributed by atoms with Crippen LogP contribution in [-0.2, 0) is 4.79 Å². The van der Waals surface area contributed by atoms with Gasteiger partial charge in [-0.05, 0) is 18.2 Å². The number of alkyl halides is 3. The number of ether oxygens (including phenoxy) is 1. The molecule has 0 aliphatic rings. The number of hydrogen-bond acceptors (Lipinski definition) is 2. The lowest BCUT2D eigenvalue weighted by Crippen LogP contribution is -2.17. The summed E-state index contributed by atoms with van der Waals surface area (Å²) in [4.78, 5) is 10.2. The van der Waals surface area contributed by atoms with Gasteiger partial charge < -0.3 is 9.84 Å². The highest BCUT2D eigenvalue weighted by atomic mass is 19.4. The van der Waals surface area contributed by atoms with Crippen LogP contribution in [0.15, 0.2) is 24.3 Å². The fraction of sp³-hybridized carbons (Fsp3) is 0.250. The van der Waals surface area contributed by atoms with Crippen LogP contribution in [0.25, 0.3) is 0 Å². The third-order valence-electron chi connectivity index (χ3n) is 1.76. The van der Waals surface area contributed by atoms with E-state index in [2.05, 4.69) is 16.6 Å². The lowest BCUT2D eigenvalue weighted by molar-refractivity contribution is -0.274. The van der Waals surface area contributed by atoms with Gasteiger partial charge in [0.05, 0.1) is 6.42 Å². The van der Waals surface area contributed by atoms with Crippen molar-refractivity contribution < 1.29 is 27.8 Å². The maximum Gasteiger partial charge on any atom is 0.573 e. The topological polar surface area (TPSA) is 46.5 Å². The second-order valence-corrected chi connectivity index (χ2v) is 3.27. The maximum absolute atomic E-state index is 11.9. The number of carboxylic acid groups (broad SMARTS) is 1. The number of hydrogen-bond donors (Lipinski definition) is 1. The highest BCUT2D eigenvalue weighted by Crippen LogP contribution is 2.22. The zero-order valence-corrected chi connectivity index (χ0v) is 9.12. The molecular formula is C12H9F3O3. The van der Waals surface area contributed by atoms with Gasteiger partial charge in [0.2, 0.25) is 0 Å². The standard InChI is InChI=1S/C12H9F3O3/c13-12(14,15)18-10-6-3-5-9(8-10)4-1-2-7-11(16)17/h3,5-6,8H,2,7H2,(H,16,17). The molecule has 0 amide bonds. The van der Waals surface area contributed by atoms with Crippen LogP contribution in [0, 0.1) is 11.8 Å². The van der Waals surface area contributed by atoms with Gasteiger partial charge in [0, 0.05) is 12.0 Å². The first-order valence-electron chi connectivity index (χ1n) is 4.93. The Bertz CT molecular complexity index is 483. The van der Waals surface area contributed by atoms with Gasteiger partial charge in [-0.2, -0.15) is 0 Å². The van der Waals surface area contributed by atoms with Crippen molar-refractivity contribution in [2.24, 2.45) is 0 Å². The molecule has 0 saturated carbocycles. The van der Waals surface area contributed by atoms with Gasteiger partial charge >= 0.3 is 12.3 Å². The smallest absolute Gasteiger partial charge is 0.481 e. The minimum atomic E-state index is -4.74. The second kappa shape index (κ2) is 5.96. The molecule has 0 aliphatic heterocycles. The lowest BCUT2D eigenvalue weighted by Gasteiger charge is -2.08. The summed E-state index contributed by atoms with van der Waals surface area (Å²) in [6.07, 6.45) is -4.71. The van der Waals surface area contributed by atoms with Gasteiger partial charge in [0.15, 0.2) is 0 Å². The highest BCUT2D eigenvalue weighted by molar-refractivity contribution is 5.67. The Morgan fingerprint density at radius 2 is 2.11 bits per heavy atom. The molecule has 3 nitrogen and oxygen atoms in total. The molecule has 0 fully saturated rings. The van der Waals surface area contributed by atoms with Crippen LogP contribution < -0.4 is 4.74 Å². The van der Waals surface area contributed by atoms with Gasteiger partial charge in [-0.25, -0.2) is 0 Å². The van der Waals surface area contributed by atoms with Crippen LogP contribution in [-0.4, -0.2) is 17.4 Å². The summed E-state index contributed by atoms with van der Waals surface area (Å²) in [5.41, 5.74) is 0.335. The average molecular weight is 258 g/mol. The predicted molar refractivity (Wildman–Crippen MR) is 56.9 cm³/mol. The average Bonchev–Trinajstić information content (AvgIpc) is 2.22. The number of halogens is 3. The quantitative estimate of drug-likeness (QED) is 0.848. The summed E-state index contributed by atoms with van der Waals surface area (Å²) in [5.74, 6) is 3.79. The van der Waals surface area contributed by atoms with Crippen LogP contribution in [0.4, 0.5) is 13.2 Å². The molecule has 0 spiro atoms. The van der Waals surface area contributed by atoms with Crippen molar-refractivity contribution in [2.75, 3.05) is 0 Å². The Morgan fingerprint density at radius 3 is 2.72 bits per heavy atom. The van der Waals surface area contributed by atoms with E-state index in [1.807, 2.05) is 0 Å². The van der Waals surface area contributed by atoms with Crippen molar-refractivity contribution in [1.82, 2.24) is 0 Å². The molecular weight excluding hydrogens is 249 g/mol. The Kier molecular flexibility index (Phi) is 4.60. The molecule has 0 aliphatic carbocycles. The van der Waals surface area contributed by atoms with Gasteiger partial charge in [-0.1, -0.05) is 17.9 Å². The fourth-order valence-corrected chi connectivity index (χ4v) is 1.10. The molecule has 0 bridgehead atoms. The third kappa shape index (κ3) is 5.80. The van der Waals surface area contributed by atoms with Crippen molar-refractivity contribution in [1.29, 1.82) is 0 Å². The summed E-state index contributed by atoms with van der Waals surface area (Å²) in [6, 6.07) is 5.19. The molecule has 18 heavy (non-hydrogen) atoms. The maximum atomic E-state index is 11.9. The summed E-state index contributed by atoms with van der Waals surface area (Å²) in [6.45, 7) is 0. The molecule has 1 rings (SSSR count). The third-order valence-corrected chi connectivity index (χ3v) is 1.76. The van der Waals surface area contributed by atoms with E-state index in [-0.39, 0.29) is 18.6 Å². The van der Waals surface area contributed by atoms with Gasteiger partial charge in [0.25, 0.3) is 0 Å².